The van der Waals surface area contributed by atoms with Crippen LogP contribution in [-0.2, 0) is 0 Å². The van der Waals surface area contributed by atoms with Gasteiger partial charge in [0.15, 0.2) is 0 Å². The zero-order chi connectivity index (χ0) is 24.2. The Morgan fingerprint density at radius 2 is 2.00 bits per heavy atom. The fourth-order valence-corrected chi connectivity index (χ4v) is 4.75. The van der Waals surface area contributed by atoms with E-state index in [0.29, 0.717) is 22.3 Å². The fourth-order valence-electron chi connectivity index (χ4n) is 4.51. The van der Waals surface area contributed by atoms with Gasteiger partial charge in [-0.15, -0.1) is 0 Å². The van der Waals surface area contributed by atoms with E-state index in [-0.39, 0.29) is 5.82 Å². The Hall–Kier alpha value is -3.06. The van der Waals surface area contributed by atoms with Gasteiger partial charge in [-0.25, -0.2) is 14.4 Å². The second-order valence-corrected chi connectivity index (χ2v) is 9.32. The number of nitrogens with two attached hydrogens (primary N) is 1. The summed E-state index contributed by atoms with van der Waals surface area (Å²) in [6, 6.07) is 9.02. The first kappa shape index (κ1) is 24.1. The molecule has 1 atom stereocenters. The van der Waals surface area contributed by atoms with Crippen LogP contribution in [0.4, 0.5) is 10.2 Å². The van der Waals surface area contributed by atoms with Gasteiger partial charge in [-0.05, 0) is 68.1 Å². The largest absolute Gasteiger partial charge is 0.398 e. The number of pyridine rings is 1. The highest BCUT2D eigenvalue weighted by molar-refractivity contribution is 6.32. The minimum absolute atomic E-state index is 0.244. The summed E-state index contributed by atoms with van der Waals surface area (Å²) in [6.07, 6.45) is 5.92. The number of hydrogen-bond acceptors (Lipinski definition) is 5. The van der Waals surface area contributed by atoms with Gasteiger partial charge in [-0.3, -0.25) is 0 Å². The number of halogens is 2. The summed E-state index contributed by atoms with van der Waals surface area (Å²) in [5, 5.41) is 0.650. The van der Waals surface area contributed by atoms with Crippen molar-refractivity contribution < 1.29 is 4.39 Å². The van der Waals surface area contributed by atoms with E-state index >= 15 is 0 Å². The molecule has 4 rings (SSSR count). The summed E-state index contributed by atoms with van der Waals surface area (Å²) in [6.45, 7) is 12.1. The molecule has 1 aromatic heterocycles. The molecule has 6 nitrogen and oxygen atoms in total. The highest BCUT2D eigenvalue weighted by Gasteiger charge is 2.24. The Bertz CT molecular complexity index is 1110. The van der Waals surface area contributed by atoms with Crippen molar-refractivity contribution in [3.05, 3.63) is 77.0 Å². The molecule has 2 fully saturated rings. The number of rotatable bonds is 5. The molecule has 0 saturated carbocycles. The highest BCUT2D eigenvalue weighted by Crippen LogP contribution is 2.25. The smallest absolute Gasteiger partial charge is 0.147 e. The van der Waals surface area contributed by atoms with Crippen molar-refractivity contribution in [2.45, 2.75) is 32.7 Å². The third kappa shape index (κ3) is 5.36. The van der Waals surface area contributed by atoms with E-state index in [0.717, 1.165) is 68.6 Å². The van der Waals surface area contributed by atoms with Crippen molar-refractivity contribution in [2.24, 2.45) is 10.7 Å². The van der Waals surface area contributed by atoms with Gasteiger partial charge < -0.3 is 20.4 Å². The van der Waals surface area contributed by atoms with E-state index in [1.165, 1.54) is 6.07 Å². The summed E-state index contributed by atoms with van der Waals surface area (Å²) >= 11 is 6.36. The van der Waals surface area contributed by atoms with E-state index < -0.39 is 0 Å². The first-order valence-corrected chi connectivity index (χ1v) is 12.1. The van der Waals surface area contributed by atoms with Gasteiger partial charge >= 0.3 is 0 Å². The molecule has 3 heterocycles. The average molecular weight is 483 g/mol. The Morgan fingerprint density at radius 3 is 2.65 bits per heavy atom. The van der Waals surface area contributed by atoms with Crippen molar-refractivity contribution >= 4 is 29.0 Å². The van der Waals surface area contributed by atoms with Crippen molar-refractivity contribution in [3.8, 4) is 0 Å². The van der Waals surface area contributed by atoms with Crippen LogP contribution in [0.25, 0.3) is 5.70 Å². The molecule has 0 radical (unpaired) electrons. The summed E-state index contributed by atoms with van der Waals surface area (Å²) in [7, 11) is 0. The number of anilines is 1. The number of piperazine rings is 1. The maximum atomic E-state index is 13.8. The number of amidine groups is 1. The fraction of sp³-hybridized carbons (Fsp3) is 0.385. The molecule has 2 aliphatic heterocycles. The Balaban J connectivity index is 1.59. The molecule has 0 aliphatic carbocycles. The minimum atomic E-state index is -0.244. The zero-order valence-electron chi connectivity index (χ0n) is 19.8. The first-order chi connectivity index (χ1) is 16.3. The quantitative estimate of drug-likeness (QED) is 0.496. The number of aromatic nitrogens is 1. The molecule has 8 heteroatoms. The van der Waals surface area contributed by atoms with Crippen LogP contribution in [0.15, 0.2) is 60.0 Å². The van der Waals surface area contributed by atoms with Crippen LogP contribution in [0.3, 0.4) is 0 Å². The van der Waals surface area contributed by atoms with Crippen molar-refractivity contribution in [1.29, 1.82) is 0 Å². The average Bonchev–Trinajstić information content (AvgIpc) is 3.27. The molecule has 1 unspecified atom stereocenters. The van der Waals surface area contributed by atoms with E-state index in [4.69, 9.17) is 22.3 Å². The van der Waals surface area contributed by atoms with Gasteiger partial charge in [0.05, 0.1) is 5.02 Å². The first-order valence-electron chi connectivity index (χ1n) is 11.7. The zero-order valence-corrected chi connectivity index (χ0v) is 20.6. The maximum absolute atomic E-state index is 13.8. The number of likely N-dealkylation sites (tertiary alicyclic amines) is 1. The van der Waals surface area contributed by atoms with E-state index in [9.17, 15) is 4.39 Å². The third-order valence-corrected chi connectivity index (χ3v) is 6.84. The lowest BCUT2D eigenvalue weighted by molar-refractivity contribution is 0.334. The standard InChI is InChI=1S/C26H32ClFN6/c1-18-16-21(8-9-23(18)28)24(29)17-25(31-20(3)34-11-5-6-19(34)2)32-12-14-33(15-13-32)26-22(27)7-4-10-30-26/h4,7-10,16-17,19H,3,5-6,11-15,29H2,1-2H3/b24-17-,31-25?. The second kappa shape index (κ2) is 10.5. The summed E-state index contributed by atoms with van der Waals surface area (Å²) in [5.41, 5.74) is 8.34. The summed E-state index contributed by atoms with van der Waals surface area (Å²) in [4.78, 5) is 16.0. The normalized spacial score (nSPS) is 19.6. The lowest BCUT2D eigenvalue weighted by Crippen LogP contribution is -2.49. The molecule has 2 N–H and O–H groups in total. The van der Waals surface area contributed by atoms with Gasteiger partial charge in [0.2, 0.25) is 0 Å². The van der Waals surface area contributed by atoms with Gasteiger partial charge in [0.1, 0.15) is 23.3 Å². The predicted molar refractivity (Wildman–Crippen MR) is 138 cm³/mol. The number of nitrogens with zero attached hydrogens (tertiary/aromatic N) is 5. The molecule has 2 saturated heterocycles. The van der Waals surface area contributed by atoms with Gasteiger partial charge in [-0.1, -0.05) is 18.2 Å². The molecule has 1 aromatic carbocycles. The van der Waals surface area contributed by atoms with Crippen LogP contribution in [0.1, 0.15) is 30.9 Å². The number of aryl methyl sites for hydroxylation is 1. The van der Waals surface area contributed by atoms with Crippen molar-refractivity contribution in [3.63, 3.8) is 0 Å². The molecule has 34 heavy (non-hydrogen) atoms. The topological polar surface area (TPSA) is 61.0 Å². The molecular formula is C26H32ClFN6. The van der Waals surface area contributed by atoms with Crippen LogP contribution >= 0.6 is 11.6 Å². The number of hydrogen-bond donors (Lipinski definition) is 1. The summed E-state index contributed by atoms with van der Waals surface area (Å²) < 4.78 is 13.8. The molecule has 180 valence electrons. The Kier molecular flexibility index (Phi) is 7.41. The second-order valence-electron chi connectivity index (χ2n) is 8.92. The Labute approximate surface area is 206 Å². The third-order valence-electron chi connectivity index (χ3n) is 6.55. The minimum Gasteiger partial charge on any atom is -0.398 e. The lowest BCUT2D eigenvalue weighted by Gasteiger charge is -2.37. The van der Waals surface area contributed by atoms with Crippen LogP contribution in [0.5, 0.6) is 0 Å². The summed E-state index contributed by atoms with van der Waals surface area (Å²) in [5.74, 6) is 2.06. The van der Waals surface area contributed by atoms with E-state index in [2.05, 4.69) is 33.2 Å². The van der Waals surface area contributed by atoms with Crippen LogP contribution in [0.2, 0.25) is 5.02 Å². The monoisotopic (exact) mass is 482 g/mol. The highest BCUT2D eigenvalue weighted by atomic mass is 35.5. The lowest BCUT2D eigenvalue weighted by atomic mass is 10.1. The SMILES string of the molecule is C=C(N=C(/C=C(\N)c1ccc(F)c(C)c1)N1CCN(c2ncccc2Cl)CC1)N1CCCC1C. The molecule has 0 spiro atoms. The molecule has 0 bridgehead atoms. The maximum Gasteiger partial charge on any atom is 0.147 e. The van der Waals surface area contributed by atoms with E-state index in [1.807, 2.05) is 18.2 Å². The van der Waals surface area contributed by atoms with Gasteiger partial charge in [0, 0.05) is 56.7 Å². The van der Waals surface area contributed by atoms with Gasteiger partial charge in [0.25, 0.3) is 0 Å². The van der Waals surface area contributed by atoms with Crippen LogP contribution in [-0.4, -0.2) is 59.4 Å². The molecule has 2 aromatic rings. The predicted octanol–water partition coefficient (Wildman–Crippen LogP) is 4.66. The molecule has 2 aliphatic rings. The van der Waals surface area contributed by atoms with Crippen molar-refractivity contribution in [2.75, 3.05) is 37.6 Å². The molecule has 0 amide bonds. The van der Waals surface area contributed by atoms with Crippen LogP contribution < -0.4 is 10.6 Å². The van der Waals surface area contributed by atoms with Gasteiger partial charge in [-0.2, -0.15) is 0 Å². The molecular weight excluding hydrogens is 451 g/mol. The number of benzene rings is 1. The van der Waals surface area contributed by atoms with Crippen molar-refractivity contribution in [1.82, 2.24) is 14.8 Å². The number of aliphatic imine (C=N–C) groups is 1. The Morgan fingerprint density at radius 1 is 1.24 bits per heavy atom. The van der Waals surface area contributed by atoms with E-state index in [1.54, 1.807) is 25.3 Å². The van der Waals surface area contributed by atoms with Crippen LogP contribution in [0, 0.1) is 12.7 Å².